The zero-order valence-corrected chi connectivity index (χ0v) is 14.9. The summed E-state index contributed by atoms with van der Waals surface area (Å²) in [5, 5.41) is 0. The van der Waals surface area contributed by atoms with Gasteiger partial charge in [-0.1, -0.05) is 49.7 Å². The molecule has 0 bridgehead atoms. The fourth-order valence-corrected chi connectivity index (χ4v) is 4.53. The predicted molar refractivity (Wildman–Crippen MR) is 102 cm³/mol. The Hall–Kier alpha value is -1.80. The molecule has 0 amide bonds. The molecule has 2 nitrogen and oxygen atoms in total. The minimum atomic E-state index is 0.505. The number of nitrogens with zero attached hydrogens (tertiary/aromatic N) is 2. The van der Waals surface area contributed by atoms with E-state index in [2.05, 4.69) is 72.3 Å². The van der Waals surface area contributed by atoms with Crippen LogP contribution in [0.15, 0.2) is 48.5 Å². The molecule has 1 fully saturated rings. The Balaban J connectivity index is 1.73. The highest BCUT2D eigenvalue weighted by Crippen LogP contribution is 2.42. The fraction of sp³-hybridized carbons (Fsp3) is 0.455. The van der Waals surface area contributed by atoms with Crippen LogP contribution in [0.1, 0.15) is 43.4 Å². The summed E-state index contributed by atoms with van der Waals surface area (Å²) in [5.74, 6) is 0.928. The molecule has 0 saturated carbocycles. The highest BCUT2D eigenvalue weighted by atomic mass is 15.2. The van der Waals surface area contributed by atoms with Crippen LogP contribution in [-0.4, -0.2) is 25.0 Å². The average molecular weight is 320 g/mol. The van der Waals surface area contributed by atoms with Crippen LogP contribution < -0.4 is 4.90 Å². The number of benzene rings is 2. The van der Waals surface area contributed by atoms with Gasteiger partial charge in [0.1, 0.15) is 0 Å². The van der Waals surface area contributed by atoms with Crippen molar-refractivity contribution < 1.29 is 0 Å². The fourth-order valence-electron chi connectivity index (χ4n) is 4.53. The lowest BCUT2D eigenvalue weighted by molar-refractivity contribution is 0.130. The zero-order valence-electron chi connectivity index (χ0n) is 14.9. The SMILES string of the molecule is CCC1CCN(C2Cc3ccccc3N(C)c3ccccc32)CC1. The summed E-state index contributed by atoms with van der Waals surface area (Å²) in [5.41, 5.74) is 5.69. The van der Waals surface area contributed by atoms with E-state index in [9.17, 15) is 0 Å². The summed E-state index contributed by atoms with van der Waals surface area (Å²) in [6.45, 7) is 4.82. The molecule has 126 valence electrons. The number of anilines is 2. The first kappa shape index (κ1) is 15.7. The van der Waals surface area contributed by atoms with Crippen LogP contribution in [0.5, 0.6) is 0 Å². The van der Waals surface area contributed by atoms with Gasteiger partial charge in [0.2, 0.25) is 0 Å². The summed E-state index contributed by atoms with van der Waals surface area (Å²) in [6, 6.07) is 18.4. The van der Waals surface area contributed by atoms with Gasteiger partial charge in [-0.25, -0.2) is 0 Å². The summed E-state index contributed by atoms with van der Waals surface area (Å²) in [6.07, 6.45) is 5.16. The standard InChI is InChI=1S/C22H28N2/c1-3-17-12-14-24(15-13-17)22-16-18-8-4-6-10-20(18)23(2)21-11-7-5-9-19(21)22/h4-11,17,22H,3,12-16H2,1-2H3. The Morgan fingerprint density at radius 2 is 1.58 bits per heavy atom. The molecule has 0 spiro atoms. The molecule has 2 heteroatoms. The molecule has 2 aromatic carbocycles. The number of para-hydroxylation sites is 2. The lowest BCUT2D eigenvalue weighted by Crippen LogP contribution is -2.37. The van der Waals surface area contributed by atoms with E-state index in [4.69, 9.17) is 0 Å². The zero-order chi connectivity index (χ0) is 16.5. The van der Waals surface area contributed by atoms with Crippen molar-refractivity contribution in [3.05, 3.63) is 59.7 Å². The third-order valence-electron chi connectivity index (χ3n) is 6.09. The molecule has 4 rings (SSSR count). The lowest BCUT2D eigenvalue weighted by atomic mass is 9.90. The quantitative estimate of drug-likeness (QED) is 0.753. The van der Waals surface area contributed by atoms with E-state index in [0.717, 1.165) is 12.3 Å². The Morgan fingerprint density at radius 1 is 0.917 bits per heavy atom. The number of rotatable bonds is 2. The maximum atomic E-state index is 2.74. The summed E-state index contributed by atoms with van der Waals surface area (Å²) in [4.78, 5) is 5.12. The van der Waals surface area contributed by atoms with E-state index in [1.54, 1.807) is 0 Å². The minimum Gasteiger partial charge on any atom is -0.344 e. The molecule has 24 heavy (non-hydrogen) atoms. The Bertz CT molecular complexity index is 701. The van der Waals surface area contributed by atoms with E-state index in [1.165, 1.54) is 54.9 Å². The molecular formula is C22H28N2. The second-order valence-electron chi connectivity index (χ2n) is 7.35. The predicted octanol–water partition coefficient (Wildman–Crippen LogP) is 5.17. The van der Waals surface area contributed by atoms with Gasteiger partial charge in [0, 0.05) is 24.5 Å². The largest absolute Gasteiger partial charge is 0.344 e. The van der Waals surface area contributed by atoms with Crippen molar-refractivity contribution in [3.8, 4) is 0 Å². The van der Waals surface area contributed by atoms with Crippen LogP contribution in [0.4, 0.5) is 11.4 Å². The van der Waals surface area contributed by atoms with E-state index in [-0.39, 0.29) is 0 Å². The average Bonchev–Trinajstić information content (AvgIpc) is 2.78. The highest BCUT2D eigenvalue weighted by Gasteiger charge is 2.31. The van der Waals surface area contributed by atoms with Crippen molar-refractivity contribution in [1.29, 1.82) is 0 Å². The topological polar surface area (TPSA) is 6.48 Å². The number of hydrogen-bond donors (Lipinski definition) is 0. The third kappa shape index (κ3) is 2.73. The van der Waals surface area contributed by atoms with Gasteiger partial charge < -0.3 is 4.90 Å². The van der Waals surface area contributed by atoms with Crippen LogP contribution >= 0.6 is 0 Å². The second kappa shape index (κ2) is 6.60. The van der Waals surface area contributed by atoms with Gasteiger partial charge in [-0.05, 0) is 61.5 Å². The molecule has 2 aliphatic heterocycles. The van der Waals surface area contributed by atoms with Crippen LogP contribution in [0.25, 0.3) is 0 Å². The van der Waals surface area contributed by atoms with Gasteiger partial charge in [0.05, 0.1) is 0 Å². The number of likely N-dealkylation sites (tertiary alicyclic amines) is 1. The molecule has 1 atom stereocenters. The second-order valence-corrected chi connectivity index (χ2v) is 7.35. The number of fused-ring (bicyclic) bond motifs is 2. The van der Waals surface area contributed by atoms with Gasteiger partial charge in [0.25, 0.3) is 0 Å². The van der Waals surface area contributed by atoms with E-state index in [0.29, 0.717) is 6.04 Å². The molecule has 0 aromatic heterocycles. The molecule has 2 aliphatic rings. The molecule has 2 heterocycles. The molecule has 1 unspecified atom stereocenters. The monoisotopic (exact) mass is 320 g/mol. The maximum Gasteiger partial charge on any atom is 0.0456 e. The normalized spacial score (nSPS) is 21.9. The van der Waals surface area contributed by atoms with Crippen LogP contribution in [-0.2, 0) is 6.42 Å². The molecular weight excluding hydrogens is 292 g/mol. The maximum absolute atomic E-state index is 2.74. The van der Waals surface area contributed by atoms with Gasteiger partial charge >= 0.3 is 0 Å². The summed E-state index contributed by atoms with van der Waals surface area (Å²) >= 11 is 0. The van der Waals surface area contributed by atoms with Crippen molar-refractivity contribution >= 4 is 11.4 Å². The Kier molecular flexibility index (Phi) is 4.32. The van der Waals surface area contributed by atoms with Gasteiger partial charge in [0.15, 0.2) is 0 Å². The van der Waals surface area contributed by atoms with Crippen LogP contribution in [0.2, 0.25) is 0 Å². The first-order chi connectivity index (χ1) is 11.8. The molecule has 2 aromatic rings. The molecule has 0 aliphatic carbocycles. The van der Waals surface area contributed by atoms with Gasteiger partial charge in [-0.3, -0.25) is 4.90 Å². The van der Waals surface area contributed by atoms with Crippen molar-refractivity contribution in [1.82, 2.24) is 4.90 Å². The van der Waals surface area contributed by atoms with Crippen molar-refractivity contribution in [2.24, 2.45) is 5.92 Å². The van der Waals surface area contributed by atoms with Crippen molar-refractivity contribution in [2.45, 2.75) is 38.6 Å². The Morgan fingerprint density at radius 3 is 2.33 bits per heavy atom. The van der Waals surface area contributed by atoms with E-state index >= 15 is 0 Å². The van der Waals surface area contributed by atoms with Crippen LogP contribution in [0.3, 0.4) is 0 Å². The smallest absolute Gasteiger partial charge is 0.0456 e. The van der Waals surface area contributed by atoms with E-state index in [1.807, 2.05) is 0 Å². The van der Waals surface area contributed by atoms with Crippen molar-refractivity contribution in [3.63, 3.8) is 0 Å². The lowest BCUT2D eigenvalue weighted by Gasteiger charge is -2.38. The number of hydrogen-bond acceptors (Lipinski definition) is 2. The Labute approximate surface area is 146 Å². The van der Waals surface area contributed by atoms with Gasteiger partial charge in [-0.2, -0.15) is 0 Å². The summed E-state index contributed by atoms with van der Waals surface area (Å²) < 4.78 is 0. The first-order valence-electron chi connectivity index (χ1n) is 9.42. The molecule has 0 radical (unpaired) electrons. The first-order valence-corrected chi connectivity index (χ1v) is 9.42. The minimum absolute atomic E-state index is 0.505. The molecule has 1 saturated heterocycles. The van der Waals surface area contributed by atoms with E-state index < -0.39 is 0 Å². The number of piperidine rings is 1. The van der Waals surface area contributed by atoms with Gasteiger partial charge in [-0.15, -0.1) is 0 Å². The van der Waals surface area contributed by atoms with Crippen molar-refractivity contribution in [2.75, 3.05) is 25.0 Å². The molecule has 0 N–H and O–H groups in total. The van der Waals surface area contributed by atoms with Crippen LogP contribution in [0, 0.1) is 5.92 Å². The highest BCUT2D eigenvalue weighted by molar-refractivity contribution is 5.71. The summed E-state index contributed by atoms with van der Waals surface area (Å²) in [7, 11) is 2.21. The third-order valence-corrected chi connectivity index (χ3v) is 6.09.